The molecule has 27 heavy (non-hydrogen) atoms. The van der Waals surface area contributed by atoms with E-state index in [0.717, 1.165) is 22.4 Å². The fourth-order valence-corrected chi connectivity index (χ4v) is 3.15. The second-order valence-corrected chi connectivity index (χ2v) is 6.39. The lowest BCUT2D eigenvalue weighted by Crippen LogP contribution is -2.05. The molecule has 0 atom stereocenters. The van der Waals surface area contributed by atoms with Gasteiger partial charge in [-0.05, 0) is 54.6 Å². The summed E-state index contributed by atoms with van der Waals surface area (Å²) >= 11 is 6.02. The van der Waals surface area contributed by atoms with Crippen molar-refractivity contribution in [2.24, 2.45) is 0 Å². The molecule has 4 rings (SSSR count). The second-order valence-electron chi connectivity index (χ2n) is 5.95. The standard InChI is InChI=1S/C21H16ClN3O2/c1-27-21(26)17-13-15(22)5-7-18(17)24-16-6-8-19-14(12-16)9-11-25(19)20-4-2-3-10-23-20/h2-13,24H,1H3. The average molecular weight is 378 g/mol. The molecule has 0 aliphatic carbocycles. The quantitative estimate of drug-likeness (QED) is 0.496. The molecule has 1 N–H and O–H groups in total. The molecule has 0 saturated heterocycles. The van der Waals surface area contributed by atoms with Gasteiger partial charge in [-0.2, -0.15) is 0 Å². The Hall–Kier alpha value is -3.31. The molecule has 0 fully saturated rings. The summed E-state index contributed by atoms with van der Waals surface area (Å²) < 4.78 is 6.87. The number of anilines is 2. The van der Waals surface area contributed by atoms with Crippen molar-refractivity contribution >= 4 is 39.8 Å². The van der Waals surface area contributed by atoms with Gasteiger partial charge in [0, 0.05) is 28.5 Å². The number of hydrogen-bond donors (Lipinski definition) is 1. The van der Waals surface area contributed by atoms with E-state index in [9.17, 15) is 4.79 Å². The van der Waals surface area contributed by atoms with Crippen LogP contribution in [0.2, 0.25) is 5.02 Å². The predicted molar refractivity (Wildman–Crippen MR) is 107 cm³/mol. The van der Waals surface area contributed by atoms with Gasteiger partial charge in [0.25, 0.3) is 0 Å². The van der Waals surface area contributed by atoms with Crippen LogP contribution in [-0.4, -0.2) is 22.6 Å². The van der Waals surface area contributed by atoms with Crippen LogP contribution in [-0.2, 0) is 4.74 Å². The van der Waals surface area contributed by atoms with Crippen molar-refractivity contribution < 1.29 is 9.53 Å². The maximum Gasteiger partial charge on any atom is 0.340 e. The zero-order valence-corrected chi connectivity index (χ0v) is 15.3. The van der Waals surface area contributed by atoms with Crippen LogP contribution < -0.4 is 5.32 Å². The fraction of sp³-hybridized carbons (Fsp3) is 0.0476. The van der Waals surface area contributed by atoms with E-state index in [-0.39, 0.29) is 0 Å². The number of pyridine rings is 1. The molecule has 0 saturated carbocycles. The van der Waals surface area contributed by atoms with Gasteiger partial charge in [0.15, 0.2) is 0 Å². The van der Waals surface area contributed by atoms with Gasteiger partial charge in [-0.25, -0.2) is 9.78 Å². The Labute approximate surface area is 161 Å². The molecule has 4 aromatic rings. The summed E-state index contributed by atoms with van der Waals surface area (Å²) in [5, 5.41) is 4.80. The first-order chi connectivity index (χ1) is 13.2. The largest absolute Gasteiger partial charge is 0.465 e. The number of hydrogen-bond acceptors (Lipinski definition) is 4. The van der Waals surface area contributed by atoms with Crippen molar-refractivity contribution in [1.29, 1.82) is 0 Å². The maximum absolute atomic E-state index is 12.0. The summed E-state index contributed by atoms with van der Waals surface area (Å²) in [5.41, 5.74) is 2.92. The van der Waals surface area contributed by atoms with E-state index >= 15 is 0 Å². The highest BCUT2D eigenvalue weighted by atomic mass is 35.5. The Bertz CT molecular complexity index is 1120. The SMILES string of the molecule is COC(=O)c1cc(Cl)ccc1Nc1ccc2c(ccn2-c2ccccn2)c1. The van der Waals surface area contributed by atoms with Gasteiger partial charge in [-0.1, -0.05) is 17.7 Å². The highest BCUT2D eigenvalue weighted by Gasteiger charge is 2.13. The molecule has 2 aromatic heterocycles. The smallest absolute Gasteiger partial charge is 0.340 e. The number of nitrogens with zero attached hydrogens (tertiary/aromatic N) is 2. The molecule has 0 amide bonds. The third kappa shape index (κ3) is 3.37. The van der Waals surface area contributed by atoms with E-state index in [1.165, 1.54) is 7.11 Å². The Morgan fingerprint density at radius 3 is 2.78 bits per heavy atom. The van der Waals surface area contributed by atoms with E-state index in [4.69, 9.17) is 16.3 Å². The van der Waals surface area contributed by atoms with Crippen LogP contribution in [0.1, 0.15) is 10.4 Å². The lowest BCUT2D eigenvalue weighted by molar-refractivity contribution is 0.0602. The van der Waals surface area contributed by atoms with Crippen molar-refractivity contribution in [3.63, 3.8) is 0 Å². The van der Waals surface area contributed by atoms with E-state index in [1.807, 2.05) is 53.2 Å². The molecular formula is C21H16ClN3O2. The summed E-state index contributed by atoms with van der Waals surface area (Å²) in [6, 6.07) is 18.9. The monoisotopic (exact) mass is 377 g/mol. The number of nitrogens with one attached hydrogen (secondary N) is 1. The van der Waals surface area contributed by atoms with Crippen LogP contribution in [0.3, 0.4) is 0 Å². The maximum atomic E-state index is 12.0. The van der Waals surface area contributed by atoms with Crippen LogP contribution >= 0.6 is 11.6 Å². The molecule has 0 spiro atoms. The Balaban J connectivity index is 1.70. The first-order valence-electron chi connectivity index (χ1n) is 8.33. The third-order valence-electron chi connectivity index (χ3n) is 4.25. The number of carbonyl (C=O) groups is 1. The van der Waals surface area contributed by atoms with E-state index in [0.29, 0.717) is 16.3 Å². The van der Waals surface area contributed by atoms with Crippen LogP contribution in [0.4, 0.5) is 11.4 Å². The lowest BCUT2D eigenvalue weighted by atomic mass is 10.1. The molecule has 0 aliphatic rings. The molecule has 0 radical (unpaired) electrons. The molecule has 5 nitrogen and oxygen atoms in total. The highest BCUT2D eigenvalue weighted by Crippen LogP contribution is 2.28. The van der Waals surface area contributed by atoms with E-state index in [2.05, 4.69) is 10.3 Å². The van der Waals surface area contributed by atoms with Gasteiger partial charge >= 0.3 is 5.97 Å². The topological polar surface area (TPSA) is 56.1 Å². The highest BCUT2D eigenvalue weighted by molar-refractivity contribution is 6.31. The molecule has 2 aromatic carbocycles. The van der Waals surface area contributed by atoms with Gasteiger partial charge in [-0.15, -0.1) is 0 Å². The van der Waals surface area contributed by atoms with Gasteiger partial charge in [0.05, 0.1) is 23.9 Å². The van der Waals surface area contributed by atoms with Crippen LogP contribution in [0, 0.1) is 0 Å². The number of halogens is 1. The van der Waals surface area contributed by atoms with Gasteiger partial charge in [0.2, 0.25) is 0 Å². The minimum Gasteiger partial charge on any atom is -0.465 e. The second kappa shape index (κ2) is 7.13. The van der Waals surface area contributed by atoms with Crippen molar-refractivity contribution in [3.05, 3.63) is 83.6 Å². The minimum absolute atomic E-state index is 0.385. The average Bonchev–Trinajstić information content (AvgIpc) is 3.12. The molecule has 2 heterocycles. The number of methoxy groups -OCH3 is 1. The number of ether oxygens (including phenoxy) is 1. The predicted octanol–water partition coefficient (Wildman–Crippen LogP) is 5.21. The molecular weight excluding hydrogens is 362 g/mol. The van der Waals surface area contributed by atoms with Gasteiger partial charge in [0.1, 0.15) is 5.82 Å². The fourth-order valence-electron chi connectivity index (χ4n) is 2.98. The number of aromatic nitrogens is 2. The van der Waals surface area contributed by atoms with Crippen LogP contribution in [0.15, 0.2) is 73.1 Å². The van der Waals surface area contributed by atoms with E-state index in [1.54, 1.807) is 24.4 Å². The Kier molecular flexibility index (Phi) is 4.52. The van der Waals surface area contributed by atoms with Crippen molar-refractivity contribution in [1.82, 2.24) is 9.55 Å². The third-order valence-corrected chi connectivity index (χ3v) is 4.49. The first-order valence-corrected chi connectivity index (χ1v) is 8.71. The number of rotatable bonds is 4. The Morgan fingerprint density at radius 2 is 2.00 bits per heavy atom. The zero-order valence-electron chi connectivity index (χ0n) is 14.5. The van der Waals surface area contributed by atoms with Crippen LogP contribution in [0.5, 0.6) is 0 Å². The number of carbonyl (C=O) groups excluding carboxylic acids is 1. The molecule has 0 unspecified atom stereocenters. The number of esters is 1. The Morgan fingerprint density at radius 1 is 1.11 bits per heavy atom. The normalized spacial score (nSPS) is 10.7. The van der Waals surface area contributed by atoms with Crippen molar-refractivity contribution in [3.8, 4) is 5.82 Å². The summed E-state index contributed by atoms with van der Waals surface area (Å²) in [7, 11) is 1.35. The molecule has 134 valence electrons. The van der Waals surface area contributed by atoms with Crippen molar-refractivity contribution in [2.75, 3.05) is 12.4 Å². The summed E-state index contributed by atoms with van der Waals surface area (Å²) in [6.07, 6.45) is 3.75. The first kappa shape index (κ1) is 17.1. The minimum atomic E-state index is -0.442. The van der Waals surface area contributed by atoms with Crippen LogP contribution in [0.25, 0.3) is 16.7 Å². The number of fused-ring (bicyclic) bond motifs is 1. The molecule has 0 aliphatic heterocycles. The molecule has 0 bridgehead atoms. The van der Waals surface area contributed by atoms with Gasteiger partial charge in [-0.3, -0.25) is 0 Å². The molecule has 6 heteroatoms. The lowest BCUT2D eigenvalue weighted by Gasteiger charge is -2.12. The summed E-state index contributed by atoms with van der Waals surface area (Å²) in [4.78, 5) is 16.4. The summed E-state index contributed by atoms with van der Waals surface area (Å²) in [6.45, 7) is 0. The number of benzene rings is 2. The van der Waals surface area contributed by atoms with Gasteiger partial charge < -0.3 is 14.6 Å². The zero-order chi connectivity index (χ0) is 18.8. The van der Waals surface area contributed by atoms with Crippen molar-refractivity contribution in [2.45, 2.75) is 0 Å². The van der Waals surface area contributed by atoms with E-state index < -0.39 is 5.97 Å². The summed E-state index contributed by atoms with van der Waals surface area (Å²) in [5.74, 6) is 0.418.